The van der Waals surface area contributed by atoms with Crippen molar-refractivity contribution in [3.05, 3.63) is 53.1 Å². The molecule has 37 heavy (non-hydrogen) atoms. The molecule has 2 fully saturated rings. The monoisotopic (exact) mass is 508 g/mol. The standard InChI is InChI=1S/C27H33FN6O3/c1-32-10-7-29-8-11-37-24-6-5-17(28)12-19(24)27(36)34-9-3-2-4-22(34)20-13-21-26(31-20)23(32)14-25(30-21)33-15-18(35)16-33/h5-6,12-14,18,22,26,29,35H,2-4,7-11,15-16H2,1H3. The Kier molecular flexibility index (Phi) is 6.46. The highest BCUT2D eigenvalue weighted by Gasteiger charge is 2.39. The number of carbonyl (C=O) groups is 1. The Morgan fingerprint density at radius 3 is 2.86 bits per heavy atom. The number of nitrogens with one attached hydrogen (secondary N) is 1. The molecule has 0 radical (unpaired) electrons. The molecule has 0 spiro atoms. The topological polar surface area (TPSA) is 93.0 Å². The highest BCUT2D eigenvalue weighted by molar-refractivity contribution is 6.08. The van der Waals surface area contributed by atoms with Gasteiger partial charge in [-0.3, -0.25) is 9.79 Å². The third kappa shape index (κ3) is 4.64. The second kappa shape index (κ2) is 9.90. The van der Waals surface area contributed by atoms with Crippen LogP contribution in [0.2, 0.25) is 0 Å². The van der Waals surface area contributed by atoms with Crippen molar-refractivity contribution in [2.24, 2.45) is 9.98 Å². The number of likely N-dealkylation sites (N-methyl/N-ethyl adjacent to an activating group) is 1. The van der Waals surface area contributed by atoms with Crippen LogP contribution in [-0.4, -0.2) is 108 Å². The maximum Gasteiger partial charge on any atom is 0.258 e. The molecule has 196 valence electrons. The molecule has 5 aliphatic rings. The molecule has 5 aliphatic heterocycles. The van der Waals surface area contributed by atoms with E-state index in [0.717, 1.165) is 55.3 Å². The SMILES string of the molecule is CN1CCNCCOc2ccc(F)cc2C(=O)N2CCCCC2C2=NC3C(=C2)N=C(N2CC(O)C2)C=C31. The number of aliphatic hydroxyl groups excluding tert-OH is 1. The van der Waals surface area contributed by atoms with Gasteiger partial charge in [0.05, 0.1) is 29.1 Å². The summed E-state index contributed by atoms with van der Waals surface area (Å²) in [4.78, 5) is 29.9. The first-order valence-electron chi connectivity index (χ1n) is 13.2. The second-order valence-corrected chi connectivity index (χ2v) is 10.3. The summed E-state index contributed by atoms with van der Waals surface area (Å²) in [5, 5.41) is 13.2. The van der Waals surface area contributed by atoms with Crippen molar-refractivity contribution in [3.63, 3.8) is 0 Å². The summed E-state index contributed by atoms with van der Waals surface area (Å²) in [6.07, 6.45) is 6.45. The van der Waals surface area contributed by atoms with Gasteiger partial charge in [-0.25, -0.2) is 9.38 Å². The number of amidine groups is 1. The number of likely N-dealkylation sites (tertiary alicyclic amines) is 1. The van der Waals surface area contributed by atoms with Crippen molar-refractivity contribution in [3.8, 4) is 5.75 Å². The highest BCUT2D eigenvalue weighted by Crippen LogP contribution is 2.34. The van der Waals surface area contributed by atoms with Crippen LogP contribution in [0, 0.1) is 5.82 Å². The van der Waals surface area contributed by atoms with E-state index in [9.17, 15) is 14.3 Å². The van der Waals surface area contributed by atoms with Crippen molar-refractivity contribution in [1.29, 1.82) is 0 Å². The Morgan fingerprint density at radius 1 is 1.16 bits per heavy atom. The number of β-amino-alcohol motifs (C(OH)–C–C–N with tert-alkyl or cyclic N) is 1. The molecule has 1 amide bonds. The largest absolute Gasteiger partial charge is 0.491 e. The molecular weight excluding hydrogens is 475 g/mol. The van der Waals surface area contributed by atoms with Gasteiger partial charge in [0, 0.05) is 58.1 Å². The summed E-state index contributed by atoms with van der Waals surface area (Å²) in [6.45, 7) is 4.19. The maximum atomic E-state index is 14.2. The lowest BCUT2D eigenvalue weighted by Crippen LogP contribution is -2.54. The van der Waals surface area contributed by atoms with Gasteiger partial charge in [0.2, 0.25) is 0 Å². The molecule has 1 aromatic carbocycles. The van der Waals surface area contributed by atoms with E-state index >= 15 is 0 Å². The number of aliphatic imine (C=N–C) groups is 2. The van der Waals surface area contributed by atoms with Crippen molar-refractivity contribution in [2.75, 3.05) is 52.9 Å². The van der Waals surface area contributed by atoms with Gasteiger partial charge in [0.25, 0.3) is 5.91 Å². The quantitative estimate of drug-likeness (QED) is 0.551. The minimum absolute atomic E-state index is 0.207. The highest BCUT2D eigenvalue weighted by atomic mass is 19.1. The number of carbonyl (C=O) groups excluding carboxylic acids is 1. The van der Waals surface area contributed by atoms with Gasteiger partial charge in [-0.1, -0.05) is 0 Å². The molecular formula is C27H33FN6O3. The molecule has 0 aromatic heterocycles. The van der Waals surface area contributed by atoms with E-state index in [1.165, 1.54) is 12.1 Å². The first-order chi connectivity index (χ1) is 18.0. The van der Waals surface area contributed by atoms with Crippen molar-refractivity contribution >= 4 is 17.5 Å². The number of hydrogen-bond donors (Lipinski definition) is 2. The fraction of sp³-hybridized carbons (Fsp3) is 0.519. The number of halogens is 1. The Balaban J connectivity index is 1.39. The fourth-order valence-electron chi connectivity index (χ4n) is 5.64. The number of ether oxygens (including phenoxy) is 1. The molecule has 2 unspecified atom stereocenters. The van der Waals surface area contributed by atoms with Gasteiger partial charge in [0.1, 0.15) is 30.1 Å². The summed E-state index contributed by atoms with van der Waals surface area (Å²) < 4.78 is 20.2. The summed E-state index contributed by atoms with van der Waals surface area (Å²) >= 11 is 0. The molecule has 5 heterocycles. The second-order valence-electron chi connectivity index (χ2n) is 10.3. The van der Waals surface area contributed by atoms with Crippen LogP contribution in [0.15, 0.2) is 51.7 Å². The zero-order chi connectivity index (χ0) is 25.5. The van der Waals surface area contributed by atoms with Crippen LogP contribution in [0.1, 0.15) is 29.6 Å². The van der Waals surface area contributed by atoms with Crippen molar-refractivity contribution in [1.82, 2.24) is 20.0 Å². The number of fused-ring (bicyclic) bond motifs is 3. The molecule has 6 rings (SSSR count). The Bertz CT molecular complexity index is 1200. The molecule has 1 aromatic rings. The molecule has 2 saturated heterocycles. The van der Waals surface area contributed by atoms with E-state index < -0.39 is 5.82 Å². The van der Waals surface area contributed by atoms with Crippen LogP contribution in [0.5, 0.6) is 5.75 Å². The summed E-state index contributed by atoms with van der Waals surface area (Å²) in [6, 6.07) is 3.72. The Hall–Kier alpha value is -3.24. The number of benzene rings is 1. The Labute approximate surface area is 216 Å². The lowest BCUT2D eigenvalue weighted by Gasteiger charge is -2.40. The number of nitrogens with zero attached hydrogens (tertiary/aromatic N) is 5. The predicted octanol–water partition coefficient (Wildman–Crippen LogP) is 1.41. The molecule has 2 N–H and O–H groups in total. The van der Waals surface area contributed by atoms with E-state index in [1.807, 2.05) is 11.0 Å². The zero-order valence-corrected chi connectivity index (χ0v) is 21.1. The van der Waals surface area contributed by atoms with E-state index in [-0.39, 0.29) is 29.7 Å². The van der Waals surface area contributed by atoms with Gasteiger partial charge < -0.3 is 29.9 Å². The minimum atomic E-state index is -0.459. The molecule has 0 saturated carbocycles. The predicted molar refractivity (Wildman–Crippen MR) is 138 cm³/mol. The maximum absolute atomic E-state index is 14.2. The van der Waals surface area contributed by atoms with E-state index in [0.29, 0.717) is 38.5 Å². The summed E-state index contributed by atoms with van der Waals surface area (Å²) in [7, 11) is 2.06. The molecule has 2 bridgehead atoms. The Morgan fingerprint density at radius 2 is 2.03 bits per heavy atom. The first kappa shape index (κ1) is 24.1. The number of dihydropyridines is 1. The summed E-state index contributed by atoms with van der Waals surface area (Å²) in [5.41, 5.74) is 3.00. The molecule has 9 nitrogen and oxygen atoms in total. The van der Waals surface area contributed by atoms with E-state index in [1.54, 1.807) is 6.07 Å². The van der Waals surface area contributed by atoms with Gasteiger partial charge in [-0.05, 0) is 43.5 Å². The van der Waals surface area contributed by atoms with Crippen LogP contribution in [0.4, 0.5) is 4.39 Å². The number of hydrogen-bond acceptors (Lipinski definition) is 8. The molecule has 10 heteroatoms. The van der Waals surface area contributed by atoms with E-state index in [2.05, 4.69) is 28.2 Å². The first-order valence-corrected chi connectivity index (χ1v) is 13.2. The normalized spacial score (nSPS) is 26.8. The van der Waals surface area contributed by atoms with Crippen LogP contribution in [0.25, 0.3) is 0 Å². The third-order valence-corrected chi connectivity index (χ3v) is 7.72. The van der Waals surface area contributed by atoms with Crippen LogP contribution in [-0.2, 0) is 0 Å². The van der Waals surface area contributed by atoms with Gasteiger partial charge in [0.15, 0.2) is 0 Å². The number of amides is 1. The smallest absolute Gasteiger partial charge is 0.258 e. The average Bonchev–Trinajstić information content (AvgIpc) is 3.32. The fourth-order valence-corrected chi connectivity index (χ4v) is 5.64. The lowest BCUT2D eigenvalue weighted by atomic mass is 9.96. The number of piperidine rings is 1. The number of aliphatic hydroxyl groups is 1. The minimum Gasteiger partial charge on any atom is -0.491 e. The average molecular weight is 509 g/mol. The molecule has 0 aliphatic carbocycles. The zero-order valence-electron chi connectivity index (χ0n) is 21.1. The van der Waals surface area contributed by atoms with E-state index in [4.69, 9.17) is 14.7 Å². The van der Waals surface area contributed by atoms with Crippen molar-refractivity contribution in [2.45, 2.75) is 37.5 Å². The molecule has 2 atom stereocenters. The van der Waals surface area contributed by atoms with Crippen LogP contribution >= 0.6 is 0 Å². The van der Waals surface area contributed by atoms with Crippen LogP contribution < -0.4 is 10.1 Å². The van der Waals surface area contributed by atoms with Crippen LogP contribution in [0.3, 0.4) is 0 Å². The van der Waals surface area contributed by atoms with Crippen molar-refractivity contribution < 1.29 is 19.0 Å². The van der Waals surface area contributed by atoms with Gasteiger partial charge in [-0.2, -0.15) is 0 Å². The third-order valence-electron chi connectivity index (χ3n) is 7.72. The lowest BCUT2D eigenvalue weighted by molar-refractivity contribution is 0.0470. The summed E-state index contributed by atoms with van der Waals surface area (Å²) in [5.74, 6) is 0.547. The number of rotatable bonds is 0. The van der Waals surface area contributed by atoms with Gasteiger partial charge in [-0.15, -0.1) is 0 Å². The van der Waals surface area contributed by atoms with Gasteiger partial charge >= 0.3 is 0 Å².